The average molecular weight is 195 g/mol. The molecular weight excluding hydrogens is 186 g/mol. The number of nitrogens with zero attached hydrogens (tertiary/aromatic N) is 3. The zero-order valence-corrected chi connectivity index (χ0v) is 7.88. The molecule has 2 rings (SSSR count). The van der Waals surface area contributed by atoms with E-state index in [1.807, 2.05) is 23.9 Å². The van der Waals surface area contributed by atoms with Crippen LogP contribution in [0.1, 0.15) is 0 Å². The van der Waals surface area contributed by atoms with Crippen LogP contribution >= 0.6 is 11.3 Å². The molecule has 2 aromatic heterocycles. The first-order valence-electron chi connectivity index (χ1n) is 3.71. The van der Waals surface area contributed by atoms with Gasteiger partial charge in [-0.25, -0.2) is 0 Å². The van der Waals surface area contributed by atoms with Gasteiger partial charge in [-0.05, 0) is 11.4 Å². The summed E-state index contributed by atoms with van der Waals surface area (Å²) in [5.41, 5.74) is 6.52. The summed E-state index contributed by atoms with van der Waals surface area (Å²) in [7, 11) is 1.81. The SMILES string of the molecule is Cn1c(N)nnc1Nc1ccsc1. The van der Waals surface area contributed by atoms with Gasteiger partial charge >= 0.3 is 0 Å². The van der Waals surface area contributed by atoms with Gasteiger partial charge in [-0.15, -0.1) is 10.2 Å². The Kier molecular flexibility index (Phi) is 1.90. The number of aromatic nitrogens is 3. The van der Waals surface area contributed by atoms with Gasteiger partial charge in [-0.1, -0.05) is 0 Å². The fraction of sp³-hybridized carbons (Fsp3) is 0.143. The Balaban J connectivity index is 2.24. The van der Waals surface area contributed by atoms with Crippen molar-refractivity contribution in [3.63, 3.8) is 0 Å². The van der Waals surface area contributed by atoms with E-state index in [9.17, 15) is 0 Å². The normalized spacial score (nSPS) is 10.2. The number of hydrogen-bond donors (Lipinski definition) is 2. The number of hydrogen-bond acceptors (Lipinski definition) is 5. The molecule has 0 saturated heterocycles. The van der Waals surface area contributed by atoms with Crippen LogP contribution in [0.3, 0.4) is 0 Å². The molecule has 0 unspecified atom stereocenters. The van der Waals surface area contributed by atoms with Crippen LogP contribution in [0.4, 0.5) is 17.6 Å². The first-order chi connectivity index (χ1) is 6.27. The van der Waals surface area contributed by atoms with Gasteiger partial charge in [-0.2, -0.15) is 11.3 Å². The van der Waals surface area contributed by atoms with Crippen molar-refractivity contribution >= 4 is 28.9 Å². The molecule has 0 spiro atoms. The second-order valence-electron chi connectivity index (χ2n) is 2.58. The number of anilines is 3. The van der Waals surface area contributed by atoms with Gasteiger partial charge in [0.25, 0.3) is 0 Å². The van der Waals surface area contributed by atoms with E-state index in [1.165, 1.54) is 0 Å². The molecule has 0 aliphatic carbocycles. The molecule has 0 aliphatic rings. The summed E-state index contributed by atoms with van der Waals surface area (Å²) < 4.78 is 1.69. The fourth-order valence-electron chi connectivity index (χ4n) is 0.915. The van der Waals surface area contributed by atoms with Crippen molar-refractivity contribution in [2.45, 2.75) is 0 Å². The standard InChI is InChI=1S/C7H9N5S/c1-12-6(8)10-11-7(12)9-5-2-3-13-4-5/h2-4H,1H3,(H2,8,10)(H,9,11). The van der Waals surface area contributed by atoms with Crippen molar-refractivity contribution < 1.29 is 0 Å². The lowest BCUT2D eigenvalue weighted by Crippen LogP contribution is -2.01. The van der Waals surface area contributed by atoms with Crippen LogP contribution in [-0.2, 0) is 7.05 Å². The van der Waals surface area contributed by atoms with Gasteiger partial charge in [0.1, 0.15) is 0 Å². The molecule has 2 heterocycles. The van der Waals surface area contributed by atoms with E-state index in [0.717, 1.165) is 5.69 Å². The zero-order chi connectivity index (χ0) is 9.26. The molecule has 0 amide bonds. The van der Waals surface area contributed by atoms with Crippen molar-refractivity contribution in [3.05, 3.63) is 16.8 Å². The number of nitrogen functional groups attached to an aromatic ring is 1. The van der Waals surface area contributed by atoms with E-state index in [0.29, 0.717) is 11.9 Å². The van der Waals surface area contributed by atoms with E-state index in [1.54, 1.807) is 15.9 Å². The molecule has 6 heteroatoms. The average Bonchev–Trinajstić information content (AvgIpc) is 2.71. The number of thiophene rings is 1. The van der Waals surface area contributed by atoms with Crippen LogP contribution in [0.2, 0.25) is 0 Å². The summed E-state index contributed by atoms with van der Waals surface area (Å²) in [6, 6.07) is 1.97. The molecule has 3 N–H and O–H groups in total. The maximum absolute atomic E-state index is 5.52. The highest BCUT2D eigenvalue weighted by Crippen LogP contribution is 2.17. The van der Waals surface area contributed by atoms with Gasteiger partial charge < -0.3 is 11.1 Å². The highest BCUT2D eigenvalue weighted by Gasteiger charge is 2.04. The Morgan fingerprint density at radius 3 is 2.92 bits per heavy atom. The summed E-state index contributed by atoms with van der Waals surface area (Å²) in [6.07, 6.45) is 0. The van der Waals surface area contributed by atoms with Gasteiger partial charge in [0, 0.05) is 12.4 Å². The molecule has 68 valence electrons. The van der Waals surface area contributed by atoms with Crippen LogP contribution < -0.4 is 11.1 Å². The molecule has 0 aromatic carbocycles. The van der Waals surface area contributed by atoms with Crippen LogP contribution in [-0.4, -0.2) is 14.8 Å². The monoisotopic (exact) mass is 195 g/mol. The lowest BCUT2D eigenvalue weighted by atomic mass is 10.5. The Morgan fingerprint density at radius 2 is 2.38 bits per heavy atom. The van der Waals surface area contributed by atoms with Crippen LogP contribution in [0, 0.1) is 0 Å². The molecule has 0 atom stereocenters. The quantitative estimate of drug-likeness (QED) is 0.755. The Morgan fingerprint density at radius 1 is 1.54 bits per heavy atom. The van der Waals surface area contributed by atoms with Crippen LogP contribution in [0.5, 0.6) is 0 Å². The number of nitrogens with two attached hydrogens (primary N) is 1. The number of nitrogens with one attached hydrogen (secondary N) is 1. The Bertz CT molecular complexity index is 391. The summed E-state index contributed by atoms with van der Waals surface area (Å²) in [6.45, 7) is 0. The minimum absolute atomic E-state index is 0.401. The van der Waals surface area contributed by atoms with Crippen molar-refractivity contribution in [3.8, 4) is 0 Å². The molecule has 0 aliphatic heterocycles. The molecule has 0 fully saturated rings. The van der Waals surface area contributed by atoms with Crippen LogP contribution in [0.25, 0.3) is 0 Å². The summed E-state index contributed by atoms with van der Waals surface area (Å²) in [5.74, 6) is 1.05. The van der Waals surface area contributed by atoms with Gasteiger partial charge in [-0.3, -0.25) is 4.57 Å². The van der Waals surface area contributed by atoms with E-state index in [2.05, 4.69) is 15.5 Å². The van der Waals surface area contributed by atoms with Crippen LogP contribution in [0.15, 0.2) is 16.8 Å². The summed E-state index contributed by atoms with van der Waals surface area (Å²) >= 11 is 1.62. The number of rotatable bonds is 2. The molecule has 2 aromatic rings. The van der Waals surface area contributed by atoms with Crippen molar-refractivity contribution in [2.75, 3.05) is 11.1 Å². The maximum atomic E-state index is 5.52. The highest BCUT2D eigenvalue weighted by molar-refractivity contribution is 7.08. The zero-order valence-electron chi connectivity index (χ0n) is 7.06. The van der Waals surface area contributed by atoms with E-state index in [4.69, 9.17) is 5.73 Å². The third-order valence-corrected chi connectivity index (χ3v) is 2.37. The lowest BCUT2D eigenvalue weighted by Gasteiger charge is -2.01. The molecule has 0 saturated carbocycles. The third-order valence-electron chi connectivity index (χ3n) is 1.69. The summed E-state index contributed by atoms with van der Waals surface area (Å²) in [5, 5.41) is 14.7. The van der Waals surface area contributed by atoms with Crippen molar-refractivity contribution in [1.29, 1.82) is 0 Å². The second kappa shape index (κ2) is 3.06. The smallest absolute Gasteiger partial charge is 0.230 e. The molecule has 13 heavy (non-hydrogen) atoms. The minimum Gasteiger partial charge on any atom is -0.368 e. The maximum Gasteiger partial charge on any atom is 0.230 e. The predicted octanol–water partition coefficient (Wildman–Crippen LogP) is 1.20. The molecular formula is C7H9N5S. The fourth-order valence-corrected chi connectivity index (χ4v) is 1.50. The topological polar surface area (TPSA) is 68.8 Å². The Hall–Kier alpha value is -1.56. The van der Waals surface area contributed by atoms with E-state index >= 15 is 0 Å². The predicted molar refractivity (Wildman–Crippen MR) is 53.0 cm³/mol. The largest absolute Gasteiger partial charge is 0.368 e. The van der Waals surface area contributed by atoms with Crippen molar-refractivity contribution in [2.24, 2.45) is 7.05 Å². The van der Waals surface area contributed by atoms with Gasteiger partial charge in [0.05, 0.1) is 5.69 Å². The van der Waals surface area contributed by atoms with Crippen molar-refractivity contribution in [1.82, 2.24) is 14.8 Å². The summed E-state index contributed by atoms with van der Waals surface area (Å²) in [4.78, 5) is 0. The molecule has 0 bridgehead atoms. The first kappa shape index (κ1) is 8.06. The molecule has 0 radical (unpaired) electrons. The first-order valence-corrected chi connectivity index (χ1v) is 4.66. The third kappa shape index (κ3) is 1.48. The minimum atomic E-state index is 0.401. The second-order valence-corrected chi connectivity index (χ2v) is 3.36. The molecule has 5 nitrogen and oxygen atoms in total. The highest BCUT2D eigenvalue weighted by atomic mass is 32.1. The van der Waals surface area contributed by atoms with E-state index < -0.39 is 0 Å². The van der Waals surface area contributed by atoms with Gasteiger partial charge in [0.2, 0.25) is 11.9 Å². The van der Waals surface area contributed by atoms with E-state index in [-0.39, 0.29) is 0 Å². The van der Waals surface area contributed by atoms with Gasteiger partial charge in [0.15, 0.2) is 0 Å². The lowest BCUT2D eigenvalue weighted by molar-refractivity contribution is 0.934. The Labute approximate surface area is 79.2 Å².